The van der Waals surface area contributed by atoms with Gasteiger partial charge in [0.1, 0.15) is 10.7 Å². The van der Waals surface area contributed by atoms with E-state index in [4.69, 9.17) is 0 Å². The summed E-state index contributed by atoms with van der Waals surface area (Å²) in [6, 6.07) is 1.58. The highest BCUT2D eigenvalue weighted by Crippen LogP contribution is 2.33. The lowest BCUT2D eigenvalue weighted by Gasteiger charge is -2.05. The molecule has 106 valence electrons. The number of aryl methyl sites for hydroxylation is 2. The summed E-state index contributed by atoms with van der Waals surface area (Å²) in [5.41, 5.74) is 1.33. The Morgan fingerprint density at radius 3 is 2.70 bits per heavy atom. The minimum absolute atomic E-state index is 0.186. The molecule has 2 aromatic rings. The molecule has 0 atom stereocenters. The van der Waals surface area contributed by atoms with Crippen molar-refractivity contribution in [2.24, 2.45) is 7.05 Å². The highest BCUT2D eigenvalue weighted by atomic mass is 32.1. The molecule has 2 rings (SSSR count). The predicted molar refractivity (Wildman–Crippen MR) is 76.6 cm³/mol. The number of carboxylic acid groups (broad SMARTS) is 1. The van der Waals surface area contributed by atoms with Gasteiger partial charge in [0.15, 0.2) is 0 Å². The lowest BCUT2D eigenvalue weighted by Crippen LogP contribution is -2.17. The molecule has 0 aliphatic heterocycles. The summed E-state index contributed by atoms with van der Waals surface area (Å²) in [4.78, 5) is 24.4. The Hall–Kier alpha value is -2.15. The molecule has 0 aliphatic carbocycles. The molecule has 0 spiro atoms. The number of carbonyl (C=O) groups is 2. The number of anilines is 1. The van der Waals surface area contributed by atoms with Crippen LogP contribution in [0.1, 0.15) is 38.2 Å². The van der Waals surface area contributed by atoms with Crippen LogP contribution in [0.5, 0.6) is 0 Å². The number of aromatic carboxylic acids is 1. The number of carbonyl (C=O) groups excluding carboxylic acids is 1. The fourth-order valence-electron chi connectivity index (χ4n) is 2.08. The quantitative estimate of drug-likeness (QED) is 0.906. The summed E-state index contributed by atoms with van der Waals surface area (Å²) < 4.78 is 1.44. The van der Waals surface area contributed by atoms with E-state index in [1.807, 2.05) is 13.8 Å². The molecule has 0 radical (unpaired) electrons. The zero-order chi connectivity index (χ0) is 14.9. The van der Waals surface area contributed by atoms with Gasteiger partial charge in [0.25, 0.3) is 5.91 Å². The molecule has 7 heteroatoms. The van der Waals surface area contributed by atoms with Crippen molar-refractivity contribution in [1.82, 2.24) is 9.78 Å². The van der Waals surface area contributed by atoms with Gasteiger partial charge in [-0.25, -0.2) is 4.79 Å². The third-order valence-electron chi connectivity index (χ3n) is 3.06. The van der Waals surface area contributed by atoms with Gasteiger partial charge in [0.05, 0.1) is 5.56 Å². The fourth-order valence-corrected chi connectivity index (χ4v) is 3.21. The van der Waals surface area contributed by atoms with Gasteiger partial charge in [0.2, 0.25) is 0 Å². The van der Waals surface area contributed by atoms with Crippen molar-refractivity contribution >= 4 is 28.2 Å². The number of aromatic nitrogens is 2. The normalized spacial score (nSPS) is 10.6. The van der Waals surface area contributed by atoms with Crippen LogP contribution >= 0.6 is 11.3 Å². The predicted octanol–water partition coefficient (Wildman–Crippen LogP) is 2.30. The van der Waals surface area contributed by atoms with Crippen LogP contribution in [-0.4, -0.2) is 26.8 Å². The summed E-state index contributed by atoms with van der Waals surface area (Å²) >= 11 is 1.28. The van der Waals surface area contributed by atoms with Crippen LogP contribution in [0.25, 0.3) is 0 Å². The summed E-state index contributed by atoms with van der Waals surface area (Å²) in [6.45, 7) is 3.75. The van der Waals surface area contributed by atoms with Gasteiger partial charge in [-0.3, -0.25) is 9.48 Å². The largest absolute Gasteiger partial charge is 0.478 e. The van der Waals surface area contributed by atoms with Crippen LogP contribution in [-0.2, 0) is 13.5 Å². The number of rotatable bonds is 4. The van der Waals surface area contributed by atoms with E-state index in [-0.39, 0.29) is 11.5 Å². The number of hydrogen-bond acceptors (Lipinski definition) is 4. The van der Waals surface area contributed by atoms with Crippen molar-refractivity contribution in [2.75, 3.05) is 5.32 Å². The average Bonchev–Trinajstić information content (AvgIpc) is 2.92. The zero-order valence-corrected chi connectivity index (χ0v) is 12.2. The van der Waals surface area contributed by atoms with Gasteiger partial charge in [-0.2, -0.15) is 5.10 Å². The molecule has 6 nitrogen and oxygen atoms in total. The van der Waals surface area contributed by atoms with Gasteiger partial charge >= 0.3 is 5.97 Å². The van der Waals surface area contributed by atoms with Gasteiger partial charge in [-0.05, 0) is 25.0 Å². The molecule has 0 unspecified atom stereocenters. The van der Waals surface area contributed by atoms with E-state index in [9.17, 15) is 14.7 Å². The van der Waals surface area contributed by atoms with E-state index in [1.165, 1.54) is 22.2 Å². The highest BCUT2D eigenvalue weighted by molar-refractivity contribution is 7.16. The Balaban J connectivity index is 2.37. The van der Waals surface area contributed by atoms with E-state index in [0.29, 0.717) is 17.1 Å². The summed E-state index contributed by atoms with van der Waals surface area (Å²) in [5.74, 6) is -1.39. The van der Waals surface area contributed by atoms with Gasteiger partial charge in [0, 0.05) is 18.1 Å². The van der Waals surface area contributed by atoms with Crippen molar-refractivity contribution in [3.63, 3.8) is 0 Å². The molecule has 2 aromatic heterocycles. The fraction of sp³-hybridized carbons (Fsp3) is 0.308. The molecular weight excluding hydrogens is 278 g/mol. The van der Waals surface area contributed by atoms with Crippen molar-refractivity contribution < 1.29 is 14.7 Å². The first-order chi connectivity index (χ1) is 9.45. The Morgan fingerprint density at radius 1 is 1.50 bits per heavy atom. The molecule has 2 N–H and O–H groups in total. The minimum Gasteiger partial charge on any atom is -0.478 e. The van der Waals surface area contributed by atoms with Crippen LogP contribution in [0.15, 0.2) is 12.3 Å². The monoisotopic (exact) mass is 293 g/mol. The second-order valence-corrected chi connectivity index (χ2v) is 5.52. The lowest BCUT2D eigenvalue weighted by atomic mass is 10.1. The van der Waals surface area contributed by atoms with E-state index >= 15 is 0 Å². The van der Waals surface area contributed by atoms with E-state index in [0.717, 1.165) is 10.4 Å². The zero-order valence-electron chi connectivity index (χ0n) is 11.4. The van der Waals surface area contributed by atoms with Gasteiger partial charge in [-0.1, -0.05) is 6.92 Å². The molecule has 0 aromatic carbocycles. The number of nitrogens with zero attached hydrogens (tertiary/aromatic N) is 2. The third kappa shape index (κ3) is 2.44. The Kier molecular flexibility index (Phi) is 3.89. The second kappa shape index (κ2) is 5.46. The van der Waals surface area contributed by atoms with Crippen molar-refractivity contribution in [1.29, 1.82) is 0 Å². The number of carboxylic acids is 1. The second-order valence-electron chi connectivity index (χ2n) is 4.29. The van der Waals surface area contributed by atoms with Crippen molar-refractivity contribution in [3.8, 4) is 0 Å². The van der Waals surface area contributed by atoms with E-state index < -0.39 is 5.97 Å². The summed E-state index contributed by atoms with van der Waals surface area (Å²) in [7, 11) is 1.66. The van der Waals surface area contributed by atoms with Gasteiger partial charge in [-0.15, -0.1) is 11.3 Å². The summed E-state index contributed by atoms with van der Waals surface area (Å²) in [5, 5.41) is 16.3. The molecule has 0 aliphatic rings. The summed E-state index contributed by atoms with van der Waals surface area (Å²) in [6.07, 6.45) is 2.13. The molecule has 20 heavy (non-hydrogen) atoms. The van der Waals surface area contributed by atoms with Gasteiger partial charge < -0.3 is 10.4 Å². The number of amides is 1. The maximum atomic E-state index is 12.1. The number of hydrogen-bond donors (Lipinski definition) is 2. The third-order valence-corrected chi connectivity index (χ3v) is 4.12. The number of nitrogens with one attached hydrogen (secondary N) is 1. The molecule has 1 amide bonds. The molecule has 0 saturated heterocycles. The molecule has 2 heterocycles. The Labute approximate surface area is 120 Å². The van der Waals surface area contributed by atoms with E-state index in [1.54, 1.807) is 13.1 Å². The number of thiophene rings is 1. The van der Waals surface area contributed by atoms with Crippen molar-refractivity contribution in [2.45, 2.75) is 20.3 Å². The smallest absolute Gasteiger partial charge is 0.339 e. The lowest BCUT2D eigenvalue weighted by molar-refractivity contribution is 0.0697. The topological polar surface area (TPSA) is 84.2 Å². The van der Waals surface area contributed by atoms with Crippen LogP contribution in [0.2, 0.25) is 0 Å². The van der Waals surface area contributed by atoms with Crippen LogP contribution in [0, 0.1) is 6.92 Å². The highest BCUT2D eigenvalue weighted by Gasteiger charge is 2.22. The van der Waals surface area contributed by atoms with Crippen LogP contribution < -0.4 is 5.32 Å². The van der Waals surface area contributed by atoms with E-state index in [2.05, 4.69) is 10.4 Å². The Morgan fingerprint density at radius 2 is 2.20 bits per heavy atom. The standard InChI is InChI=1S/C13H15N3O3S/c1-4-8-7(2)20-12(10(8)13(18)19)15-11(17)9-5-6-14-16(9)3/h5-6H,4H2,1-3H3,(H,15,17)(H,18,19). The maximum Gasteiger partial charge on any atom is 0.339 e. The first-order valence-corrected chi connectivity index (χ1v) is 6.92. The maximum absolute atomic E-state index is 12.1. The first-order valence-electron chi connectivity index (χ1n) is 6.10. The van der Waals surface area contributed by atoms with Crippen LogP contribution in [0.3, 0.4) is 0 Å². The van der Waals surface area contributed by atoms with Crippen LogP contribution in [0.4, 0.5) is 5.00 Å². The van der Waals surface area contributed by atoms with Crippen molar-refractivity contribution in [3.05, 3.63) is 34.0 Å². The SMILES string of the molecule is CCc1c(C)sc(NC(=O)c2ccnn2C)c1C(=O)O. The molecule has 0 saturated carbocycles. The first kappa shape index (κ1) is 14.3. The average molecular weight is 293 g/mol. The minimum atomic E-state index is -1.02. The Bertz CT molecular complexity index is 672. The molecule has 0 bridgehead atoms. The molecular formula is C13H15N3O3S. The molecule has 0 fully saturated rings.